The summed E-state index contributed by atoms with van der Waals surface area (Å²) in [6, 6.07) is 12.2. The second-order valence-electron chi connectivity index (χ2n) is 6.48. The molecule has 0 aliphatic carbocycles. The number of esters is 1. The molecular weight excluding hydrogens is 361 g/mol. The van der Waals surface area contributed by atoms with Gasteiger partial charge in [-0.15, -0.1) is 0 Å². The van der Waals surface area contributed by atoms with Crippen LogP contribution in [0.4, 0.5) is 10.1 Å². The van der Waals surface area contributed by atoms with Crippen LogP contribution in [0.25, 0.3) is 0 Å². The van der Waals surface area contributed by atoms with Crippen molar-refractivity contribution in [3.8, 4) is 0 Å². The number of halogens is 1. The van der Waals surface area contributed by atoms with E-state index in [1.807, 2.05) is 0 Å². The molecule has 7 heteroatoms. The number of H-pyrrole nitrogens is 1. The summed E-state index contributed by atoms with van der Waals surface area (Å²) in [7, 11) is 0. The van der Waals surface area contributed by atoms with Gasteiger partial charge < -0.3 is 4.74 Å². The lowest BCUT2D eigenvalue weighted by molar-refractivity contribution is 0.0526. The third kappa shape index (κ3) is 2.76. The molecule has 4 rings (SSSR count). The van der Waals surface area contributed by atoms with Crippen LogP contribution in [-0.4, -0.2) is 28.7 Å². The highest BCUT2D eigenvalue weighted by Crippen LogP contribution is 2.42. The van der Waals surface area contributed by atoms with Crippen molar-refractivity contribution in [3.63, 3.8) is 0 Å². The van der Waals surface area contributed by atoms with Gasteiger partial charge in [0.15, 0.2) is 5.69 Å². The Morgan fingerprint density at radius 2 is 1.93 bits per heavy atom. The lowest BCUT2D eigenvalue weighted by Gasteiger charge is -2.26. The predicted molar refractivity (Wildman–Crippen MR) is 101 cm³/mol. The minimum absolute atomic E-state index is 0.278. The number of amides is 1. The molecule has 2 aromatic carbocycles. The van der Waals surface area contributed by atoms with E-state index in [9.17, 15) is 14.0 Å². The molecule has 0 radical (unpaired) electrons. The van der Waals surface area contributed by atoms with Crippen LogP contribution in [-0.2, 0) is 4.74 Å². The number of nitrogens with one attached hydrogen (secondary N) is 1. The van der Waals surface area contributed by atoms with Crippen LogP contribution in [0.5, 0.6) is 0 Å². The van der Waals surface area contributed by atoms with E-state index >= 15 is 0 Å². The summed E-state index contributed by atoms with van der Waals surface area (Å²) < 4.78 is 19.6. The van der Waals surface area contributed by atoms with Gasteiger partial charge in [0, 0.05) is 22.5 Å². The third-order valence-corrected chi connectivity index (χ3v) is 4.80. The van der Waals surface area contributed by atoms with Crippen molar-refractivity contribution in [2.45, 2.75) is 19.9 Å². The van der Waals surface area contributed by atoms with Crippen LogP contribution < -0.4 is 4.90 Å². The highest BCUT2D eigenvalue weighted by atomic mass is 19.1. The number of benzene rings is 2. The zero-order valence-corrected chi connectivity index (χ0v) is 15.4. The van der Waals surface area contributed by atoms with Crippen molar-refractivity contribution in [2.75, 3.05) is 11.5 Å². The number of carbonyl (C=O) groups is 2. The summed E-state index contributed by atoms with van der Waals surface area (Å²) >= 11 is 0. The van der Waals surface area contributed by atoms with Crippen molar-refractivity contribution in [1.82, 2.24) is 10.2 Å². The van der Waals surface area contributed by atoms with Gasteiger partial charge in [0.05, 0.1) is 18.2 Å². The average molecular weight is 379 g/mol. The number of aromatic amines is 1. The molecule has 142 valence electrons. The van der Waals surface area contributed by atoms with Gasteiger partial charge in [-0.25, -0.2) is 9.18 Å². The van der Waals surface area contributed by atoms with Crippen molar-refractivity contribution in [2.24, 2.45) is 0 Å². The van der Waals surface area contributed by atoms with Crippen molar-refractivity contribution >= 4 is 17.6 Å². The van der Waals surface area contributed by atoms with E-state index in [4.69, 9.17) is 4.74 Å². The summed E-state index contributed by atoms with van der Waals surface area (Å²) in [6.45, 7) is 3.82. The number of hydrogen-bond acceptors (Lipinski definition) is 4. The number of hydrogen-bond donors (Lipinski definition) is 1. The van der Waals surface area contributed by atoms with Gasteiger partial charge in [0.1, 0.15) is 5.82 Å². The van der Waals surface area contributed by atoms with Crippen molar-refractivity contribution in [3.05, 3.63) is 82.4 Å². The summed E-state index contributed by atoms with van der Waals surface area (Å²) in [5.41, 5.74) is 2.96. The molecule has 1 aromatic heterocycles. The Labute approximate surface area is 160 Å². The Morgan fingerprint density at radius 1 is 1.21 bits per heavy atom. The number of carbonyl (C=O) groups excluding carboxylic acids is 2. The summed E-state index contributed by atoms with van der Waals surface area (Å²) in [4.78, 5) is 26.4. The molecule has 6 nitrogen and oxygen atoms in total. The molecular formula is C21H18FN3O3. The monoisotopic (exact) mass is 379 g/mol. The minimum Gasteiger partial charge on any atom is -0.462 e. The molecule has 0 bridgehead atoms. The number of nitrogens with zero attached hydrogens (tertiary/aromatic N) is 2. The van der Waals surface area contributed by atoms with Gasteiger partial charge in [-0.1, -0.05) is 18.2 Å². The molecule has 1 N–H and O–H groups in total. The first-order chi connectivity index (χ1) is 13.5. The highest BCUT2D eigenvalue weighted by molar-refractivity contribution is 6.10. The summed E-state index contributed by atoms with van der Waals surface area (Å²) in [6.07, 6.45) is 0. The van der Waals surface area contributed by atoms with Crippen LogP contribution in [0.3, 0.4) is 0 Å². The minimum atomic E-state index is -0.643. The quantitative estimate of drug-likeness (QED) is 0.700. The predicted octanol–water partition coefficient (Wildman–Crippen LogP) is 3.78. The van der Waals surface area contributed by atoms with Crippen LogP contribution in [0.2, 0.25) is 0 Å². The van der Waals surface area contributed by atoms with Gasteiger partial charge in [0.2, 0.25) is 0 Å². The normalized spacial score (nSPS) is 15.6. The Bertz CT molecular complexity index is 1060. The fraction of sp³-hybridized carbons (Fsp3) is 0.190. The van der Waals surface area contributed by atoms with Crippen LogP contribution >= 0.6 is 0 Å². The first kappa shape index (κ1) is 17.9. The SMILES string of the molecule is CCOC(=O)c1ccc(N2C(=O)c3n[nH]c(C)c3C2c2ccccc2F)cc1. The Morgan fingerprint density at radius 3 is 2.61 bits per heavy atom. The maximum Gasteiger partial charge on any atom is 0.338 e. The van der Waals surface area contributed by atoms with Crippen LogP contribution in [0, 0.1) is 12.7 Å². The van der Waals surface area contributed by atoms with E-state index in [-0.39, 0.29) is 18.2 Å². The molecule has 1 aliphatic rings. The molecule has 0 spiro atoms. The molecule has 0 saturated carbocycles. The van der Waals surface area contributed by atoms with Gasteiger partial charge in [-0.2, -0.15) is 5.10 Å². The maximum absolute atomic E-state index is 14.6. The summed E-state index contributed by atoms with van der Waals surface area (Å²) in [5, 5.41) is 6.93. The number of anilines is 1. The van der Waals surface area contributed by atoms with Crippen LogP contribution in [0.1, 0.15) is 50.6 Å². The molecule has 1 amide bonds. The second-order valence-corrected chi connectivity index (χ2v) is 6.48. The smallest absolute Gasteiger partial charge is 0.338 e. The number of fused-ring (bicyclic) bond motifs is 1. The number of aromatic nitrogens is 2. The Kier molecular flexibility index (Phi) is 4.43. The molecule has 1 aliphatic heterocycles. The standard InChI is InChI=1S/C21H18FN3O3/c1-3-28-21(27)13-8-10-14(11-9-13)25-19(15-6-4-5-7-16(15)22)17-12(2)23-24-18(17)20(25)26/h4-11,19H,3H2,1-2H3,(H,23,24). The van der Waals surface area contributed by atoms with E-state index < -0.39 is 17.8 Å². The summed E-state index contributed by atoms with van der Waals surface area (Å²) in [5.74, 6) is -1.16. The first-order valence-electron chi connectivity index (χ1n) is 8.93. The third-order valence-electron chi connectivity index (χ3n) is 4.80. The Hall–Kier alpha value is -3.48. The van der Waals surface area contributed by atoms with E-state index in [2.05, 4.69) is 10.2 Å². The average Bonchev–Trinajstić information content (AvgIpc) is 3.21. The molecule has 3 aromatic rings. The zero-order chi connectivity index (χ0) is 19.8. The van der Waals surface area contributed by atoms with Crippen molar-refractivity contribution < 1.29 is 18.7 Å². The fourth-order valence-corrected chi connectivity index (χ4v) is 3.53. The van der Waals surface area contributed by atoms with Crippen molar-refractivity contribution in [1.29, 1.82) is 0 Å². The van der Waals surface area contributed by atoms with E-state index in [1.54, 1.807) is 56.3 Å². The second kappa shape index (κ2) is 6.92. The number of ether oxygens (including phenoxy) is 1. The molecule has 1 atom stereocenters. The van der Waals surface area contributed by atoms with Gasteiger partial charge in [0.25, 0.3) is 5.91 Å². The van der Waals surface area contributed by atoms with E-state index in [1.165, 1.54) is 11.0 Å². The topological polar surface area (TPSA) is 75.3 Å². The lowest BCUT2D eigenvalue weighted by atomic mass is 9.98. The molecule has 1 unspecified atom stereocenters. The highest BCUT2D eigenvalue weighted by Gasteiger charge is 2.43. The van der Waals surface area contributed by atoms with Gasteiger partial charge in [-0.3, -0.25) is 14.8 Å². The zero-order valence-electron chi connectivity index (χ0n) is 15.4. The number of rotatable bonds is 4. The molecule has 2 heterocycles. The molecule has 0 fully saturated rings. The number of aryl methyl sites for hydroxylation is 1. The van der Waals surface area contributed by atoms with Gasteiger partial charge in [-0.05, 0) is 44.2 Å². The lowest BCUT2D eigenvalue weighted by Crippen LogP contribution is -2.30. The van der Waals surface area contributed by atoms with E-state index in [0.717, 1.165) is 0 Å². The Balaban J connectivity index is 1.80. The molecule has 28 heavy (non-hydrogen) atoms. The first-order valence-corrected chi connectivity index (χ1v) is 8.93. The maximum atomic E-state index is 14.6. The van der Waals surface area contributed by atoms with Gasteiger partial charge >= 0.3 is 5.97 Å². The molecule has 0 saturated heterocycles. The fourth-order valence-electron chi connectivity index (χ4n) is 3.53. The largest absolute Gasteiger partial charge is 0.462 e. The van der Waals surface area contributed by atoms with E-state index in [0.29, 0.717) is 28.1 Å². The van der Waals surface area contributed by atoms with Crippen LogP contribution in [0.15, 0.2) is 48.5 Å².